The largest absolute Gasteiger partial charge is 0.471 e. The molecule has 1 amide bonds. The van der Waals surface area contributed by atoms with Gasteiger partial charge in [-0.3, -0.25) is 9.69 Å². The average molecular weight is 460 g/mol. The zero-order valence-corrected chi connectivity index (χ0v) is 17.7. The summed E-state index contributed by atoms with van der Waals surface area (Å²) in [6.45, 7) is 3.82. The molecule has 1 aliphatic heterocycles. The minimum Gasteiger partial charge on any atom is -0.471 e. The number of nitrogens with one attached hydrogen (secondary N) is 1. The number of amides is 1. The Labute approximate surface area is 188 Å². The first-order chi connectivity index (χ1) is 15.9. The summed E-state index contributed by atoms with van der Waals surface area (Å²) >= 11 is 0. The molecule has 0 bridgehead atoms. The number of hydrogen-bond donors (Lipinski definition) is 1. The lowest BCUT2D eigenvalue weighted by Gasteiger charge is -2.26. The number of aromatic nitrogens is 2. The maximum atomic E-state index is 12.8. The number of rotatable bonds is 7. The van der Waals surface area contributed by atoms with E-state index in [9.17, 15) is 18.0 Å². The van der Waals surface area contributed by atoms with Crippen LogP contribution in [0.4, 0.5) is 18.9 Å². The van der Waals surface area contributed by atoms with Crippen LogP contribution in [0.1, 0.15) is 21.6 Å². The van der Waals surface area contributed by atoms with E-state index >= 15 is 0 Å². The maximum absolute atomic E-state index is 12.8. The van der Waals surface area contributed by atoms with Crippen LogP contribution in [0.2, 0.25) is 0 Å². The summed E-state index contributed by atoms with van der Waals surface area (Å²) in [5.41, 5.74) is 1.10. The number of nitrogens with zero attached hydrogens (tertiary/aromatic N) is 3. The molecule has 0 spiro atoms. The first kappa shape index (κ1) is 22.8. The Balaban J connectivity index is 1.33. The molecule has 4 rings (SSSR count). The fourth-order valence-electron chi connectivity index (χ4n) is 3.42. The van der Waals surface area contributed by atoms with Gasteiger partial charge in [-0.25, -0.2) is 4.68 Å². The summed E-state index contributed by atoms with van der Waals surface area (Å²) in [6, 6.07) is 13.7. The number of halogens is 3. The van der Waals surface area contributed by atoms with E-state index in [1.54, 1.807) is 6.07 Å². The Morgan fingerprint density at radius 1 is 1.09 bits per heavy atom. The summed E-state index contributed by atoms with van der Waals surface area (Å²) in [4.78, 5) is 14.9. The second-order valence-electron chi connectivity index (χ2n) is 7.58. The minimum absolute atomic E-state index is 0.0587. The monoisotopic (exact) mass is 460 g/mol. The van der Waals surface area contributed by atoms with Crippen LogP contribution in [0.15, 0.2) is 60.8 Å². The molecule has 0 atom stereocenters. The third kappa shape index (κ3) is 6.33. The topological polar surface area (TPSA) is 68.6 Å². The number of hydrogen-bond acceptors (Lipinski definition) is 5. The molecule has 1 fully saturated rings. The van der Waals surface area contributed by atoms with Gasteiger partial charge >= 0.3 is 6.18 Å². The van der Waals surface area contributed by atoms with Crippen LogP contribution in [-0.2, 0) is 24.2 Å². The molecule has 7 nitrogen and oxygen atoms in total. The van der Waals surface area contributed by atoms with Crippen LogP contribution in [-0.4, -0.2) is 46.9 Å². The molecule has 0 unspecified atom stereocenters. The van der Waals surface area contributed by atoms with E-state index < -0.39 is 17.6 Å². The SMILES string of the molecule is O=C(Nc1cccc(CN2CCOCC2)c1)c1ccn(COc2cccc(C(F)(F)F)c2)n1. The predicted octanol–water partition coefficient (Wildman–Crippen LogP) is 4.02. The number of ether oxygens (including phenoxy) is 2. The molecule has 174 valence electrons. The third-order valence-corrected chi connectivity index (χ3v) is 5.09. The van der Waals surface area contributed by atoms with E-state index in [1.165, 1.54) is 29.1 Å². The molecule has 0 radical (unpaired) electrons. The highest BCUT2D eigenvalue weighted by molar-refractivity contribution is 6.02. The smallest absolute Gasteiger partial charge is 0.416 e. The highest BCUT2D eigenvalue weighted by Gasteiger charge is 2.30. The Hall–Kier alpha value is -3.37. The van der Waals surface area contributed by atoms with Crippen molar-refractivity contribution in [3.8, 4) is 5.75 Å². The van der Waals surface area contributed by atoms with Gasteiger partial charge in [0.25, 0.3) is 5.91 Å². The Morgan fingerprint density at radius 3 is 2.67 bits per heavy atom. The van der Waals surface area contributed by atoms with Gasteiger partial charge in [0.15, 0.2) is 12.4 Å². The van der Waals surface area contributed by atoms with Crippen molar-refractivity contribution in [1.29, 1.82) is 0 Å². The third-order valence-electron chi connectivity index (χ3n) is 5.09. The standard InChI is InChI=1S/C23H23F3N4O3/c24-23(25,26)18-4-2-6-20(14-18)33-16-30-8-7-21(28-30)22(31)27-19-5-1-3-17(13-19)15-29-9-11-32-12-10-29/h1-8,13-14H,9-12,15-16H2,(H,27,31). The summed E-state index contributed by atoms with van der Waals surface area (Å²) in [7, 11) is 0. The van der Waals surface area contributed by atoms with Gasteiger partial charge < -0.3 is 14.8 Å². The number of carbonyl (C=O) groups excluding carboxylic acids is 1. The first-order valence-electron chi connectivity index (χ1n) is 10.4. The van der Waals surface area contributed by atoms with E-state index in [-0.39, 0.29) is 18.2 Å². The molecule has 10 heteroatoms. The quantitative estimate of drug-likeness (QED) is 0.577. The van der Waals surface area contributed by atoms with Gasteiger partial charge in [0.05, 0.1) is 18.8 Å². The summed E-state index contributed by atoms with van der Waals surface area (Å²) < 4.78 is 50.5. The lowest BCUT2D eigenvalue weighted by molar-refractivity contribution is -0.137. The van der Waals surface area contributed by atoms with Gasteiger partial charge in [-0.2, -0.15) is 18.3 Å². The van der Waals surface area contributed by atoms with Gasteiger partial charge in [-0.05, 0) is 42.0 Å². The normalized spacial score (nSPS) is 14.8. The summed E-state index contributed by atoms with van der Waals surface area (Å²) in [6.07, 6.45) is -2.92. The second-order valence-corrected chi connectivity index (χ2v) is 7.58. The van der Waals surface area contributed by atoms with Crippen molar-refractivity contribution in [2.24, 2.45) is 0 Å². The van der Waals surface area contributed by atoms with Gasteiger partial charge in [-0.15, -0.1) is 0 Å². The number of alkyl halides is 3. The van der Waals surface area contributed by atoms with Crippen molar-refractivity contribution in [3.63, 3.8) is 0 Å². The Bertz CT molecular complexity index is 1090. The Morgan fingerprint density at radius 2 is 1.88 bits per heavy atom. The van der Waals surface area contributed by atoms with E-state index in [0.717, 1.165) is 50.5 Å². The van der Waals surface area contributed by atoms with Crippen molar-refractivity contribution >= 4 is 11.6 Å². The number of anilines is 1. The lowest BCUT2D eigenvalue weighted by Crippen LogP contribution is -2.35. The van der Waals surface area contributed by atoms with Crippen LogP contribution >= 0.6 is 0 Å². The van der Waals surface area contributed by atoms with Crippen molar-refractivity contribution < 1.29 is 27.4 Å². The molecular weight excluding hydrogens is 437 g/mol. The molecule has 1 aromatic heterocycles. The fourth-order valence-corrected chi connectivity index (χ4v) is 3.42. The van der Waals surface area contributed by atoms with Crippen molar-refractivity contribution in [3.05, 3.63) is 77.6 Å². The predicted molar refractivity (Wildman–Crippen MR) is 115 cm³/mol. The zero-order valence-electron chi connectivity index (χ0n) is 17.7. The van der Waals surface area contributed by atoms with Crippen molar-refractivity contribution in [1.82, 2.24) is 14.7 Å². The molecule has 0 aliphatic carbocycles. The van der Waals surface area contributed by atoms with E-state index in [0.29, 0.717) is 5.69 Å². The number of carbonyl (C=O) groups is 1. The molecule has 33 heavy (non-hydrogen) atoms. The number of morpholine rings is 1. The van der Waals surface area contributed by atoms with Gasteiger partial charge in [-0.1, -0.05) is 18.2 Å². The van der Waals surface area contributed by atoms with Crippen LogP contribution in [0.25, 0.3) is 0 Å². The molecular formula is C23H23F3N4O3. The summed E-state index contributed by atoms with van der Waals surface area (Å²) in [5.74, 6) is -0.334. The van der Waals surface area contributed by atoms with Gasteiger partial charge in [0.1, 0.15) is 5.75 Å². The van der Waals surface area contributed by atoms with E-state index in [2.05, 4.69) is 15.3 Å². The molecule has 1 saturated heterocycles. The Kier molecular flexibility index (Phi) is 6.95. The minimum atomic E-state index is -4.45. The van der Waals surface area contributed by atoms with Gasteiger partial charge in [0, 0.05) is 31.5 Å². The molecule has 3 aromatic rings. The van der Waals surface area contributed by atoms with E-state index in [4.69, 9.17) is 9.47 Å². The molecule has 1 N–H and O–H groups in total. The van der Waals surface area contributed by atoms with Crippen molar-refractivity contribution in [2.75, 3.05) is 31.6 Å². The van der Waals surface area contributed by atoms with E-state index in [1.807, 2.05) is 18.2 Å². The van der Waals surface area contributed by atoms with Gasteiger partial charge in [0.2, 0.25) is 0 Å². The fraction of sp³-hybridized carbons (Fsp3) is 0.304. The maximum Gasteiger partial charge on any atom is 0.416 e. The number of benzene rings is 2. The second kappa shape index (κ2) is 10.1. The molecule has 2 heterocycles. The van der Waals surface area contributed by atoms with Crippen LogP contribution < -0.4 is 10.1 Å². The van der Waals surface area contributed by atoms with Crippen LogP contribution in [0.5, 0.6) is 5.75 Å². The van der Waals surface area contributed by atoms with Crippen LogP contribution in [0.3, 0.4) is 0 Å². The van der Waals surface area contributed by atoms with Crippen LogP contribution in [0, 0.1) is 0 Å². The molecule has 1 aliphatic rings. The van der Waals surface area contributed by atoms with Crippen molar-refractivity contribution in [2.45, 2.75) is 19.5 Å². The molecule has 2 aromatic carbocycles. The summed E-state index contributed by atoms with van der Waals surface area (Å²) in [5, 5.41) is 6.97. The lowest BCUT2D eigenvalue weighted by atomic mass is 10.2. The first-order valence-corrected chi connectivity index (χ1v) is 10.4. The highest BCUT2D eigenvalue weighted by Crippen LogP contribution is 2.31. The average Bonchev–Trinajstić information content (AvgIpc) is 3.28. The zero-order chi connectivity index (χ0) is 23.3. The highest BCUT2D eigenvalue weighted by atomic mass is 19.4. The molecule has 0 saturated carbocycles.